The van der Waals surface area contributed by atoms with E-state index in [2.05, 4.69) is 5.32 Å². The topological polar surface area (TPSA) is 66.4 Å². The second kappa shape index (κ2) is 4.87. The van der Waals surface area contributed by atoms with E-state index in [0.717, 1.165) is 12.8 Å². The molecule has 0 bridgehead atoms. The second-order valence-corrected chi connectivity index (χ2v) is 5.27. The number of hydrogen-bond donors (Lipinski definition) is 2. The zero-order valence-corrected chi connectivity index (χ0v) is 10.3. The number of nitrogens with one attached hydrogen (secondary N) is 1. The van der Waals surface area contributed by atoms with E-state index in [0.29, 0.717) is 18.4 Å². The van der Waals surface area contributed by atoms with E-state index in [1.54, 1.807) is 11.4 Å². The molecule has 1 saturated carbocycles. The summed E-state index contributed by atoms with van der Waals surface area (Å²) in [5.74, 6) is -0.973. The highest BCUT2D eigenvalue weighted by molar-refractivity contribution is 7.08. The highest BCUT2D eigenvalue weighted by Crippen LogP contribution is 2.37. The Kier molecular flexibility index (Phi) is 3.47. The van der Waals surface area contributed by atoms with Gasteiger partial charge in [-0.05, 0) is 24.3 Å². The lowest BCUT2D eigenvalue weighted by Gasteiger charge is -2.23. The van der Waals surface area contributed by atoms with Crippen LogP contribution in [0.3, 0.4) is 0 Å². The summed E-state index contributed by atoms with van der Waals surface area (Å²) >= 11 is 1.45. The van der Waals surface area contributed by atoms with Crippen molar-refractivity contribution in [2.75, 3.05) is 6.54 Å². The molecule has 0 radical (unpaired) electrons. The van der Waals surface area contributed by atoms with Crippen LogP contribution in [0.25, 0.3) is 0 Å². The molecule has 0 unspecified atom stereocenters. The van der Waals surface area contributed by atoms with Crippen LogP contribution in [-0.4, -0.2) is 23.5 Å². The Morgan fingerprint density at radius 3 is 2.65 bits per heavy atom. The molecule has 0 atom stereocenters. The summed E-state index contributed by atoms with van der Waals surface area (Å²) in [5, 5.41) is 15.6. The second-order valence-electron chi connectivity index (χ2n) is 4.49. The normalized spacial score (nSPS) is 17.9. The van der Waals surface area contributed by atoms with Crippen LogP contribution in [0.5, 0.6) is 0 Å². The number of amides is 1. The number of aliphatic carboxylic acids is 1. The SMILES string of the molecule is O=C(NCC1(C(=O)O)CCCC1)c1ccsc1. The van der Waals surface area contributed by atoms with Gasteiger partial charge in [-0.3, -0.25) is 9.59 Å². The predicted molar refractivity (Wildman–Crippen MR) is 65.2 cm³/mol. The van der Waals surface area contributed by atoms with Crippen molar-refractivity contribution in [1.29, 1.82) is 0 Å². The van der Waals surface area contributed by atoms with E-state index >= 15 is 0 Å². The zero-order valence-electron chi connectivity index (χ0n) is 9.44. The quantitative estimate of drug-likeness (QED) is 0.863. The molecule has 4 nitrogen and oxygen atoms in total. The summed E-state index contributed by atoms with van der Waals surface area (Å²) in [5.41, 5.74) is -0.139. The Morgan fingerprint density at radius 1 is 1.41 bits per heavy atom. The summed E-state index contributed by atoms with van der Waals surface area (Å²) < 4.78 is 0. The summed E-state index contributed by atoms with van der Waals surface area (Å²) in [4.78, 5) is 23.0. The van der Waals surface area contributed by atoms with Crippen molar-refractivity contribution in [3.8, 4) is 0 Å². The molecule has 5 heteroatoms. The largest absolute Gasteiger partial charge is 0.481 e. The average Bonchev–Trinajstić information content (AvgIpc) is 2.97. The maximum atomic E-state index is 11.7. The van der Waals surface area contributed by atoms with Gasteiger partial charge in [-0.2, -0.15) is 11.3 Å². The van der Waals surface area contributed by atoms with Gasteiger partial charge in [-0.15, -0.1) is 0 Å². The van der Waals surface area contributed by atoms with Crippen molar-refractivity contribution in [3.63, 3.8) is 0 Å². The Balaban J connectivity index is 1.97. The van der Waals surface area contributed by atoms with Crippen LogP contribution in [0.1, 0.15) is 36.0 Å². The van der Waals surface area contributed by atoms with E-state index in [9.17, 15) is 14.7 Å². The first-order valence-corrected chi connectivity index (χ1v) is 6.62. The molecule has 1 fully saturated rings. The number of carbonyl (C=O) groups is 2. The van der Waals surface area contributed by atoms with E-state index in [1.165, 1.54) is 11.3 Å². The molecular formula is C12H15NO3S. The third-order valence-corrected chi connectivity index (χ3v) is 4.07. The van der Waals surface area contributed by atoms with Crippen LogP contribution in [0, 0.1) is 5.41 Å². The average molecular weight is 253 g/mol. The summed E-state index contributed by atoms with van der Waals surface area (Å²) in [6.07, 6.45) is 3.18. The molecule has 1 amide bonds. The summed E-state index contributed by atoms with van der Waals surface area (Å²) in [7, 11) is 0. The minimum absolute atomic E-state index is 0.182. The highest BCUT2D eigenvalue weighted by Gasteiger charge is 2.41. The van der Waals surface area contributed by atoms with Gasteiger partial charge in [-0.25, -0.2) is 0 Å². The van der Waals surface area contributed by atoms with Gasteiger partial charge in [0.05, 0.1) is 5.41 Å². The standard InChI is InChI=1S/C12H15NO3S/c14-10(9-3-6-17-7-9)13-8-12(11(15)16)4-1-2-5-12/h3,6-7H,1-2,4-5,8H2,(H,13,14)(H,15,16). The van der Waals surface area contributed by atoms with Crippen molar-refractivity contribution in [1.82, 2.24) is 5.32 Å². The number of rotatable bonds is 4. The fourth-order valence-corrected chi connectivity index (χ4v) is 2.90. The van der Waals surface area contributed by atoms with E-state index in [1.807, 2.05) is 5.38 Å². The highest BCUT2D eigenvalue weighted by atomic mass is 32.1. The van der Waals surface area contributed by atoms with Gasteiger partial charge in [0.25, 0.3) is 5.91 Å². The monoisotopic (exact) mass is 253 g/mol. The third-order valence-electron chi connectivity index (χ3n) is 3.39. The molecule has 0 saturated heterocycles. The first-order chi connectivity index (χ1) is 8.14. The minimum Gasteiger partial charge on any atom is -0.481 e. The van der Waals surface area contributed by atoms with Crippen molar-refractivity contribution in [2.24, 2.45) is 5.41 Å². The predicted octanol–water partition coefficient (Wildman–Crippen LogP) is 2.12. The maximum Gasteiger partial charge on any atom is 0.311 e. The number of hydrogen-bond acceptors (Lipinski definition) is 3. The van der Waals surface area contributed by atoms with Crippen molar-refractivity contribution >= 4 is 23.2 Å². The maximum absolute atomic E-state index is 11.7. The number of thiophene rings is 1. The summed E-state index contributed by atoms with van der Waals surface area (Å²) in [6.45, 7) is 0.233. The molecule has 1 heterocycles. The molecular weight excluding hydrogens is 238 g/mol. The van der Waals surface area contributed by atoms with E-state index in [-0.39, 0.29) is 12.5 Å². The smallest absolute Gasteiger partial charge is 0.311 e. The number of carboxylic acid groups (broad SMARTS) is 1. The van der Waals surface area contributed by atoms with Crippen molar-refractivity contribution < 1.29 is 14.7 Å². The molecule has 1 aromatic heterocycles. The molecule has 0 aromatic carbocycles. The number of carboxylic acids is 1. The molecule has 2 rings (SSSR count). The molecule has 1 aromatic rings. The Bertz CT molecular complexity index is 407. The first-order valence-electron chi connectivity index (χ1n) is 5.68. The van der Waals surface area contributed by atoms with Crippen LogP contribution < -0.4 is 5.32 Å². The van der Waals surface area contributed by atoms with Crippen LogP contribution >= 0.6 is 11.3 Å². The number of carbonyl (C=O) groups excluding carboxylic acids is 1. The Labute approximate surface area is 104 Å². The van der Waals surface area contributed by atoms with Gasteiger partial charge in [0.2, 0.25) is 0 Å². The van der Waals surface area contributed by atoms with Gasteiger partial charge in [0.15, 0.2) is 0 Å². The Morgan fingerprint density at radius 2 is 2.12 bits per heavy atom. The van der Waals surface area contributed by atoms with Crippen LogP contribution in [0.15, 0.2) is 16.8 Å². The van der Waals surface area contributed by atoms with Gasteiger partial charge in [-0.1, -0.05) is 12.8 Å². The van der Waals surface area contributed by atoms with Gasteiger partial charge < -0.3 is 10.4 Å². The molecule has 0 aliphatic heterocycles. The lowest BCUT2D eigenvalue weighted by atomic mass is 9.86. The van der Waals surface area contributed by atoms with E-state index in [4.69, 9.17) is 0 Å². The molecule has 2 N–H and O–H groups in total. The van der Waals surface area contributed by atoms with Gasteiger partial charge in [0.1, 0.15) is 0 Å². The summed E-state index contributed by atoms with van der Waals surface area (Å²) in [6, 6.07) is 1.74. The lowest BCUT2D eigenvalue weighted by molar-refractivity contribution is -0.148. The first kappa shape index (κ1) is 12.1. The van der Waals surface area contributed by atoms with Crippen LogP contribution in [-0.2, 0) is 4.79 Å². The molecule has 17 heavy (non-hydrogen) atoms. The van der Waals surface area contributed by atoms with Crippen molar-refractivity contribution in [2.45, 2.75) is 25.7 Å². The molecule has 92 valence electrons. The van der Waals surface area contributed by atoms with Gasteiger partial charge >= 0.3 is 5.97 Å². The fraction of sp³-hybridized carbons (Fsp3) is 0.500. The van der Waals surface area contributed by atoms with Gasteiger partial charge in [0, 0.05) is 17.5 Å². The lowest BCUT2D eigenvalue weighted by Crippen LogP contribution is -2.41. The molecule has 1 aliphatic rings. The molecule has 0 spiro atoms. The third kappa shape index (κ3) is 2.49. The minimum atomic E-state index is -0.791. The van der Waals surface area contributed by atoms with Crippen LogP contribution in [0.2, 0.25) is 0 Å². The fourth-order valence-electron chi connectivity index (χ4n) is 2.26. The Hall–Kier alpha value is -1.36. The van der Waals surface area contributed by atoms with E-state index < -0.39 is 11.4 Å². The molecule has 1 aliphatic carbocycles. The van der Waals surface area contributed by atoms with Crippen LogP contribution in [0.4, 0.5) is 0 Å². The zero-order chi connectivity index (χ0) is 12.3. The van der Waals surface area contributed by atoms with Crippen molar-refractivity contribution in [3.05, 3.63) is 22.4 Å².